The fourth-order valence-corrected chi connectivity index (χ4v) is 4.48. The van der Waals surface area contributed by atoms with Gasteiger partial charge in [0.1, 0.15) is 5.82 Å². The van der Waals surface area contributed by atoms with Gasteiger partial charge in [0.2, 0.25) is 5.60 Å². The molecule has 1 aliphatic rings. The number of hydrogen-bond donors (Lipinski definition) is 2. The zero-order valence-corrected chi connectivity index (χ0v) is 17.0. The molecule has 0 spiro atoms. The highest BCUT2D eigenvalue weighted by Crippen LogP contribution is 2.48. The van der Waals surface area contributed by atoms with E-state index in [-0.39, 0.29) is 16.8 Å². The average molecular weight is 441 g/mol. The number of fused-ring (bicyclic) bond motifs is 2. The van der Waals surface area contributed by atoms with Crippen molar-refractivity contribution in [2.24, 2.45) is 0 Å². The number of hydrogen-bond acceptors (Lipinski definition) is 2. The molecule has 2 aromatic carbocycles. The fraction of sp³-hybridized carbons (Fsp3) is 0.208. The smallest absolute Gasteiger partial charge is 0.372 e. The molecule has 0 radical (unpaired) electrons. The van der Waals surface area contributed by atoms with E-state index < -0.39 is 17.6 Å². The SMILES string of the molecule is Cc1[nH]c2c(c1C(O)(c1ccc3c(cnn3-c3ccc(F)cc3)c1)C(F)(F)F)C=CCC2. The molecule has 1 unspecified atom stereocenters. The maximum Gasteiger partial charge on any atom is 0.425 e. The van der Waals surface area contributed by atoms with Gasteiger partial charge >= 0.3 is 6.18 Å². The molecular weight excluding hydrogens is 422 g/mol. The molecule has 2 N–H and O–H groups in total. The minimum Gasteiger partial charge on any atom is -0.372 e. The molecule has 0 saturated carbocycles. The number of nitrogens with one attached hydrogen (secondary N) is 1. The van der Waals surface area contributed by atoms with Gasteiger partial charge in [0.15, 0.2) is 0 Å². The molecule has 8 heteroatoms. The zero-order valence-electron chi connectivity index (χ0n) is 17.0. The molecule has 1 atom stereocenters. The Morgan fingerprint density at radius 1 is 1.09 bits per heavy atom. The Labute approximate surface area is 180 Å². The summed E-state index contributed by atoms with van der Waals surface area (Å²) in [5.74, 6) is -0.401. The standard InChI is InChI=1S/C24H19F4N3O/c1-14-22(19-4-2-3-5-20(19)30-14)23(32,24(26,27)28)16-6-11-21-15(12-16)13-29-31(21)18-9-7-17(25)8-10-18/h2,4,6-13,30,32H,3,5H2,1H3. The van der Waals surface area contributed by atoms with E-state index in [0.717, 1.165) is 6.42 Å². The van der Waals surface area contributed by atoms with Crippen molar-refractivity contribution in [3.8, 4) is 5.69 Å². The zero-order chi connectivity index (χ0) is 22.7. The van der Waals surface area contributed by atoms with Crippen LogP contribution in [-0.2, 0) is 12.0 Å². The van der Waals surface area contributed by atoms with Crippen molar-refractivity contribution in [3.63, 3.8) is 0 Å². The number of alkyl halides is 3. The molecule has 32 heavy (non-hydrogen) atoms. The van der Waals surface area contributed by atoms with Crippen molar-refractivity contribution >= 4 is 17.0 Å². The normalized spacial score (nSPS) is 15.7. The van der Waals surface area contributed by atoms with Crippen molar-refractivity contribution in [1.82, 2.24) is 14.8 Å². The number of allylic oxidation sites excluding steroid dienone is 1. The van der Waals surface area contributed by atoms with Crippen LogP contribution in [0.2, 0.25) is 0 Å². The lowest BCUT2D eigenvalue weighted by Crippen LogP contribution is -2.44. The number of aromatic nitrogens is 3. The van der Waals surface area contributed by atoms with Crippen LogP contribution in [-0.4, -0.2) is 26.0 Å². The molecule has 0 fully saturated rings. The summed E-state index contributed by atoms with van der Waals surface area (Å²) >= 11 is 0. The molecule has 4 aromatic rings. The number of aliphatic hydroxyl groups is 1. The summed E-state index contributed by atoms with van der Waals surface area (Å²) in [6.07, 6.45) is 1.23. The second kappa shape index (κ2) is 7.06. The molecule has 5 rings (SSSR count). The third-order valence-electron chi connectivity index (χ3n) is 5.98. The highest BCUT2D eigenvalue weighted by molar-refractivity contribution is 5.82. The van der Waals surface area contributed by atoms with Gasteiger partial charge in [-0.2, -0.15) is 18.3 Å². The summed E-state index contributed by atoms with van der Waals surface area (Å²) < 4.78 is 58.2. The van der Waals surface area contributed by atoms with Crippen LogP contribution >= 0.6 is 0 Å². The van der Waals surface area contributed by atoms with E-state index in [2.05, 4.69) is 10.1 Å². The number of halogens is 4. The second-order valence-electron chi connectivity index (χ2n) is 7.97. The van der Waals surface area contributed by atoms with Crippen LogP contribution in [0, 0.1) is 12.7 Å². The molecule has 1 aliphatic carbocycles. The van der Waals surface area contributed by atoms with Crippen LogP contribution in [0.4, 0.5) is 17.6 Å². The molecular formula is C24H19F4N3O. The highest BCUT2D eigenvalue weighted by Gasteiger charge is 2.58. The Bertz CT molecular complexity index is 1350. The van der Waals surface area contributed by atoms with Gasteiger partial charge in [0.05, 0.1) is 17.4 Å². The van der Waals surface area contributed by atoms with E-state index in [1.54, 1.807) is 13.0 Å². The van der Waals surface area contributed by atoms with E-state index in [4.69, 9.17) is 0 Å². The van der Waals surface area contributed by atoms with E-state index in [1.165, 1.54) is 53.3 Å². The van der Waals surface area contributed by atoms with Gasteiger partial charge in [-0.05, 0) is 61.7 Å². The predicted octanol–water partition coefficient (Wildman–Crippen LogP) is 5.56. The maximum atomic E-state index is 14.5. The van der Waals surface area contributed by atoms with Gasteiger partial charge in [-0.25, -0.2) is 9.07 Å². The minimum atomic E-state index is -4.96. The van der Waals surface area contributed by atoms with Gasteiger partial charge in [-0.1, -0.05) is 18.2 Å². The number of nitrogens with zero attached hydrogens (tertiary/aromatic N) is 2. The lowest BCUT2D eigenvalue weighted by Gasteiger charge is -2.32. The summed E-state index contributed by atoms with van der Waals surface area (Å²) in [6, 6.07) is 9.69. The molecule has 2 heterocycles. The van der Waals surface area contributed by atoms with Gasteiger partial charge in [0.25, 0.3) is 0 Å². The topological polar surface area (TPSA) is 53.8 Å². The van der Waals surface area contributed by atoms with Crippen molar-refractivity contribution in [2.45, 2.75) is 31.5 Å². The number of H-pyrrole nitrogens is 1. The van der Waals surface area contributed by atoms with E-state index >= 15 is 0 Å². The maximum absolute atomic E-state index is 14.5. The van der Waals surface area contributed by atoms with E-state index in [9.17, 15) is 22.7 Å². The quantitative estimate of drug-likeness (QED) is 0.409. The average Bonchev–Trinajstić information content (AvgIpc) is 3.33. The van der Waals surface area contributed by atoms with Gasteiger partial charge in [-0.3, -0.25) is 0 Å². The number of aryl methyl sites for hydroxylation is 2. The third-order valence-corrected chi connectivity index (χ3v) is 5.98. The third kappa shape index (κ3) is 2.97. The van der Waals surface area contributed by atoms with Crippen LogP contribution in [0.5, 0.6) is 0 Å². The van der Waals surface area contributed by atoms with E-state index in [0.29, 0.717) is 34.3 Å². The first-order valence-electron chi connectivity index (χ1n) is 10.1. The van der Waals surface area contributed by atoms with Gasteiger partial charge < -0.3 is 10.1 Å². The lowest BCUT2D eigenvalue weighted by molar-refractivity contribution is -0.248. The molecule has 0 amide bonds. The summed E-state index contributed by atoms with van der Waals surface area (Å²) in [6.45, 7) is 1.54. The van der Waals surface area contributed by atoms with Gasteiger partial charge in [0, 0.05) is 27.9 Å². The summed E-state index contributed by atoms with van der Waals surface area (Å²) in [7, 11) is 0. The first-order chi connectivity index (χ1) is 15.2. The Morgan fingerprint density at radius 3 is 2.56 bits per heavy atom. The van der Waals surface area contributed by atoms with Crippen LogP contribution in [0.3, 0.4) is 0 Å². The van der Waals surface area contributed by atoms with Crippen molar-refractivity contribution < 1.29 is 22.7 Å². The lowest BCUT2D eigenvalue weighted by atomic mass is 9.81. The molecule has 0 saturated heterocycles. The Kier molecular flexibility index (Phi) is 4.53. The van der Waals surface area contributed by atoms with Crippen molar-refractivity contribution in [2.75, 3.05) is 0 Å². The Morgan fingerprint density at radius 2 is 1.84 bits per heavy atom. The first kappa shape index (κ1) is 20.5. The Balaban J connectivity index is 1.69. The summed E-state index contributed by atoms with van der Waals surface area (Å²) in [4.78, 5) is 3.02. The van der Waals surface area contributed by atoms with Gasteiger partial charge in [-0.15, -0.1) is 0 Å². The largest absolute Gasteiger partial charge is 0.425 e. The fourth-order valence-electron chi connectivity index (χ4n) is 4.48. The summed E-state index contributed by atoms with van der Waals surface area (Å²) in [5, 5.41) is 16.0. The van der Waals surface area contributed by atoms with Crippen molar-refractivity contribution in [3.05, 3.63) is 88.6 Å². The molecule has 0 bridgehead atoms. The monoisotopic (exact) mass is 441 g/mol. The van der Waals surface area contributed by atoms with Crippen LogP contribution in [0.15, 0.2) is 54.7 Å². The second-order valence-corrected chi connectivity index (χ2v) is 7.97. The van der Waals surface area contributed by atoms with Crippen LogP contribution in [0.25, 0.3) is 22.7 Å². The van der Waals surface area contributed by atoms with Crippen LogP contribution < -0.4 is 0 Å². The van der Waals surface area contributed by atoms with E-state index in [1.807, 2.05) is 6.08 Å². The molecule has 164 valence electrons. The van der Waals surface area contributed by atoms with Crippen molar-refractivity contribution in [1.29, 1.82) is 0 Å². The highest BCUT2D eigenvalue weighted by atomic mass is 19.4. The molecule has 4 nitrogen and oxygen atoms in total. The first-order valence-corrected chi connectivity index (χ1v) is 10.1. The Hall–Kier alpha value is -3.39. The predicted molar refractivity (Wildman–Crippen MR) is 113 cm³/mol. The number of rotatable bonds is 3. The van der Waals surface area contributed by atoms with Crippen LogP contribution in [0.1, 0.15) is 34.5 Å². The summed E-state index contributed by atoms with van der Waals surface area (Å²) in [5.41, 5.74) is -1.21. The molecule has 0 aliphatic heterocycles. The number of benzene rings is 2. The number of aromatic amines is 1. The molecule has 2 aromatic heterocycles. The minimum absolute atomic E-state index is 0.179.